The van der Waals surface area contributed by atoms with Crippen molar-refractivity contribution in [1.82, 2.24) is 0 Å². The number of aliphatic carboxylic acids is 1. The van der Waals surface area contributed by atoms with E-state index in [1.165, 1.54) is 60.5 Å². The predicted octanol–water partition coefficient (Wildman–Crippen LogP) is 6.46. The minimum absolute atomic E-state index is 0.129. The summed E-state index contributed by atoms with van der Waals surface area (Å²) in [5.74, 6) is -0.753. The third-order valence-corrected chi connectivity index (χ3v) is 5.17. The van der Waals surface area contributed by atoms with Gasteiger partial charge in [-0.05, 0) is 66.0 Å². The van der Waals surface area contributed by atoms with Crippen LogP contribution in [0.2, 0.25) is 0 Å². The lowest BCUT2D eigenvalue weighted by Crippen LogP contribution is -2.12. The Bertz CT molecular complexity index is 445. The molecule has 1 unspecified atom stereocenters. The van der Waals surface area contributed by atoms with Crippen LogP contribution in [0, 0.1) is 9.49 Å². The van der Waals surface area contributed by atoms with Gasteiger partial charge in [-0.3, -0.25) is 4.79 Å². The van der Waals surface area contributed by atoms with Crippen molar-refractivity contribution < 1.29 is 9.90 Å². The monoisotopic (exact) mass is 430 g/mol. The van der Waals surface area contributed by atoms with E-state index < -0.39 is 5.97 Å². The molecule has 1 N–H and O–H groups in total. The lowest BCUT2D eigenvalue weighted by molar-refractivity contribution is -0.142. The molecular formula is C20H31IO2. The first-order valence-corrected chi connectivity index (χ1v) is 10.2. The van der Waals surface area contributed by atoms with Gasteiger partial charge in [0.05, 0.1) is 5.92 Å². The number of carbonyl (C=O) groups is 1. The summed E-state index contributed by atoms with van der Waals surface area (Å²) >= 11 is 2.37. The van der Waals surface area contributed by atoms with E-state index in [2.05, 4.69) is 46.9 Å². The van der Waals surface area contributed by atoms with Crippen LogP contribution >= 0.6 is 22.6 Å². The molecule has 0 aliphatic carbocycles. The summed E-state index contributed by atoms with van der Waals surface area (Å²) in [6.07, 6.45) is 12.9. The van der Waals surface area contributed by atoms with Crippen molar-refractivity contribution in [2.24, 2.45) is 5.92 Å². The molecule has 1 aromatic carbocycles. The van der Waals surface area contributed by atoms with Crippen molar-refractivity contribution in [3.05, 3.63) is 33.4 Å². The second-order valence-corrected chi connectivity index (χ2v) is 7.69. The molecule has 0 bridgehead atoms. The molecule has 0 aliphatic heterocycles. The molecule has 1 rings (SSSR count). The van der Waals surface area contributed by atoms with Crippen molar-refractivity contribution in [1.29, 1.82) is 0 Å². The van der Waals surface area contributed by atoms with Gasteiger partial charge in [-0.25, -0.2) is 0 Å². The lowest BCUT2D eigenvalue weighted by atomic mass is 9.98. The number of hydrogen-bond acceptors (Lipinski definition) is 1. The molecule has 0 spiro atoms. The normalized spacial score (nSPS) is 12.3. The van der Waals surface area contributed by atoms with Gasteiger partial charge >= 0.3 is 5.97 Å². The Kier molecular flexibility index (Phi) is 11.4. The summed E-state index contributed by atoms with van der Waals surface area (Å²) in [5, 5.41) is 8.99. The van der Waals surface area contributed by atoms with Gasteiger partial charge in [0, 0.05) is 3.57 Å². The Morgan fingerprint density at radius 1 is 1.04 bits per heavy atom. The van der Waals surface area contributed by atoms with Crippen LogP contribution in [-0.2, 0) is 11.2 Å². The van der Waals surface area contributed by atoms with E-state index in [9.17, 15) is 4.79 Å². The molecule has 0 heterocycles. The van der Waals surface area contributed by atoms with Crippen LogP contribution in [0.5, 0.6) is 0 Å². The molecule has 2 nitrogen and oxygen atoms in total. The van der Waals surface area contributed by atoms with Gasteiger partial charge in [0.15, 0.2) is 0 Å². The second kappa shape index (κ2) is 12.8. The molecule has 1 aromatic rings. The van der Waals surface area contributed by atoms with Gasteiger partial charge < -0.3 is 5.11 Å². The predicted molar refractivity (Wildman–Crippen MR) is 106 cm³/mol. The molecule has 0 radical (unpaired) electrons. The molecule has 0 amide bonds. The minimum atomic E-state index is -0.624. The largest absolute Gasteiger partial charge is 0.481 e. The Labute approximate surface area is 155 Å². The van der Waals surface area contributed by atoms with E-state index in [1.807, 2.05) is 6.92 Å². The Morgan fingerprint density at radius 3 is 2.22 bits per heavy atom. The molecule has 1 atom stereocenters. The number of hydrogen-bond donors (Lipinski definition) is 1. The van der Waals surface area contributed by atoms with Crippen molar-refractivity contribution in [3.8, 4) is 0 Å². The van der Waals surface area contributed by atoms with Crippen LogP contribution in [0.3, 0.4) is 0 Å². The Balaban J connectivity index is 1.91. The highest BCUT2D eigenvalue weighted by atomic mass is 127. The van der Waals surface area contributed by atoms with Gasteiger partial charge in [0.2, 0.25) is 0 Å². The van der Waals surface area contributed by atoms with Crippen LogP contribution in [-0.4, -0.2) is 11.1 Å². The van der Waals surface area contributed by atoms with E-state index in [0.717, 1.165) is 19.3 Å². The number of halogens is 1. The van der Waals surface area contributed by atoms with E-state index in [4.69, 9.17) is 5.11 Å². The summed E-state index contributed by atoms with van der Waals surface area (Å²) in [4.78, 5) is 10.9. The zero-order valence-electron chi connectivity index (χ0n) is 14.4. The second-order valence-electron chi connectivity index (χ2n) is 6.44. The number of carboxylic acid groups (broad SMARTS) is 1. The Hall–Kier alpha value is -0.580. The molecule has 0 aromatic heterocycles. The summed E-state index contributed by atoms with van der Waals surface area (Å²) in [6.45, 7) is 1.97. The van der Waals surface area contributed by atoms with Crippen LogP contribution in [0.25, 0.3) is 0 Å². The molecular weight excluding hydrogens is 399 g/mol. The van der Waals surface area contributed by atoms with Crippen LogP contribution in [0.4, 0.5) is 0 Å². The maximum atomic E-state index is 10.9. The van der Waals surface area contributed by atoms with E-state index in [0.29, 0.717) is 0 Å². The molecule has 3 heteroatoms. The quantitative estimate of drug-likeness (QED) is 0.288. The average Bonchev–Trinajstić information content (AvgIpc) is 2.52. The first-order valence-electron chi connectivity index (χ1n) is 9.10. The highest BCUT2D eigenvalue weighted by Gasteiger charge is 2.13. The fourth-order valence-electron chi connectivity index (χ4n) is 2.98. The SMILES string of the molecule is CCC(CCCCCCCCCCc1cccc(I)c1)C(=O)O. The molecule has 23 heavy (non-hydrogen) atoms. The van der Waals surface area contributed by atoms with Crippen LogP contribution in [0.15, 0.2) is 24.3 Å². The summed E-state index contributed by atoms with van der Waals surface area (Å²) in [5.41, 5.74) is 1.46. The molecule has 0 saturated carbocycles. The van der Waals surface area contributed by atoms with Crippen molar-refractivity contribution in [2.75, 3.05) is 0 Å². The highest BCUT2D eigenvalue weighted by molar-refractivity contribution is 14.1. The molecule has 0 saturated heterocycles. The summed E-state index contributed by atoms with van der Waals surface area (Å²) in [6, 6.07) is 8.79. The lowest BCUT2D eigenvalue weighted by Gasteiger charge is -2.08. The van der Waals surface area contributed by atoms with E-state index in [-0.39, 0.29) is 5.92 Å². The van der Waals surface area contributed by atoms with Crippen LogP contribution in [0.1, 0.15) is 76.7 Å². The van der Waals surface area contributed by atoms with Gasteiger partial charge in [-0.2, -0.15) is 0 Å². The number of rotatable bonds is 13. The van der Waals surface area contributed by atoms with Gasteiger partial charge in [0.25, 0.3) is 0 Å². The zero-order valence-corrected chi connectivity index (χ0v) is 16.6. The number of carboxylic acids is 1. The topological polar surface area (TPSA) is 37.3 Å². The van der Waals surface area contributed by atoms with Crippen molar-refractivity contribution in [3.63, 3.8) is 0 Å². The molecule has 0 aliphatic rings. The number of aryl methyl sites for hydroxylation is 1. The number of benzene rings is 1. The third kappa shape index (κ3) is 10.0. The Morgan fingerprint density at radius 2 is 1.65 bits per heavy atom. The third-order valence-electron chi connectivity index (χ3n) is 4.50. The van der Waals surface area contributed by atoms with Gasteiger partial charge in [-0.1, -0.05) is 64.0 Å². The zero-order chi connectivity index (χ0) is 16.9. The summed E-state index contributed by atoms with van der Waals surface area (Å²) < 4.78 is 1.33. The maximum absolute atomic E-state index is 10.9. The van der Waals surface area contributed by atoms with E-state index >= 15 is 0 Å². The first-order chi connectivity index (χ1) is 11.1. The smallest absolute Gasteiger partial charge is 0.306 e. The first kappa shape index (κ1) is 20.5. The molecule has 0 fully saturated rings. The molecule has 130 valence electrons. The summed E-state index contributed by atoms with van der Waals surface area (Å²) in [7, 11) is 0. The minimum Gasteiger partial charge on any atom is -0.481 e. The highest BCUT2D eigenvalue weighted by Crippen LogP contribution is 2.16. The van der Waals surface area contributed by atoms with E-state index in [1.54, 1.807) is 0 Å². The maximum Gasteiger partial charge on any atom is 0.306 e. The van der Waals surface area contributed by atoms with Gasteiger partial charge in [-0.15, -0.1) is 0 Å². The average molecular weight is 430 g/mol. The number of unbranched alkanes of at least 4 members (excludes halogenated alkanes) is 7. The fourth-order valence-corrected chi connectivity index (χ4v) is 3.58. The van der Waals surface area contributed by atoms with Crippen molar-refractivity contribution >= 4 is 28.6 Å². The fraction of sp³-hybridized carbons (Fsp3) is 0.650. The standard InChI is InChI=1S/C20H31IO2/c1-2-18(20(22)23)14-10-8-6-4-3-5-7-9-12-17-13-11-15-19(21)16-17/h11,13,15-16,18H,2-10,12,14H2,1H3,(H,22,23). The van der Waals surface area contributed by atoms with Gasteiger partial charge in [0.1, 0.15) is 0 Å². The van der Waals surface area contributed by atoms with Crippen molar-refractivity contribution in [2.45, 2.75) is 77.6 Å². The van der Waals surface area contributed by atoms with Crippen LogP contribution < -0.4 is 0 Å².